The summed E-state index contributed by atoms with van der Waals surface area (Å²) in [5, 5.41) is 13.7. The van der Waals surface area contributed by atoms with Crippen LogP contribution < -0.4 is 5.32 Å². The minimum Gasteiger partial charge on any atom is -0.319 e. The average Bonchev–Trinajstić information content (AvgIpc) is 2.39. The number of anilines is 1. The van der Waals surface area contributed by atoms with Crippen molar-refractivity contribution in [1.82, 2.24) is 4.90 Å². The largest absolute Gasteiger partial charge is 0.319 e. The van der Waals surface area contributed by atoms with E-state index in [1.807, 2.05) is 0 Å². The number of carbonyl (C=O) groups excluding carboxylic acids is 1. The van der Waals surface area contributed by atoms with Crippen LogP contribution in [0.15, 0.2) is 18.2 Å². The predicted molar refractivity (Wildman–Crippen MR) is 85.8 cm³/mol. The standard InChI is InChI=1S/C16H23N3O3/c1-11-4-5-14(15(7-11)19(21)22)17-16(20)10-18-8-12(2)6-13(3)9-18/h4-5,7,12-13H,6,8-10H2,1-3H3,(H,17,20). The number of benzene rings is 1. The molecule has 2 atom stereocenters. The summed E-state index contributed by atoms with van der Waals surface area (Å²) in [7, 11) is 0. The monoisotopic (exact) mass is 305 g/mol. The summed E-state index contributed by atoms with van der Waals surface area (Å²) in [5.74, 6) is 0.948. The number of aryl methyl sites for hydroxylation is 1. The third-order valence-electron chi connectivity index (χ3n) is 3.94. The van der Waals surface area contributed by atoms with Crippen LogP contribution in [0.25, 0.3) is 0 Å². The Labute approximate surface area is 130 Å². The first-order chi connectivity index (χ1) is 10.3. The summed E-state index contributed by atoms with van der Waals surface area (Å²) in [5.41, 5.74) is 0.996. The van der Waals surface area contributed by atoms with E-state index >= 15 is 0 Å². The second-order valence-electron chi connectivity index (χ2n) is 6.47. The van der Waals surface area contributed by atoms with Crippen LogP contribution in [-0.4, -0.2) is 35.4 Å². The third kappa shape index (κ3) is 4.27. The first-order valence-electron chi connectivity index (χ1n) is 7.62. The third-order valence-corrected chi connectivity index (χ3v) is 3.94. The quantitative estimate of drug-likeness (QED) is 0.685. The number of rotatable bonds is 4. The molecule has 1 fully saturated rings. The SMILES string of the molecule is Cc1ccc(NC(=O)CN2CC(C)CC(C)C2)c([N+](=O)[O-])c1. The van der Waals surface area contributed by atoms with E-state index in [9.17, 15) is 14.9 Å². The fourth-order valence-corrected chi connectivity index (χ4v) is 3.21. The zero-order valence-corrected chi connectivity index (χ0v) is 13.3. The first kappa shape index (κ1) is 16.4. The summed E-state index contributed by atoms with van der Waals surface area (Å²) in [6, 6.07) is 4.82. The number of hydrogen-bond acceptors (Lipinski definition) is 4. The number of amides is 1. The summed E-state index contributed by atoms with van der Waals surface area (Å²) in [6.45, 7) is 8.23. The Morgan fingerprint density at radius 1 is 1.36 bits per heavy atom. The van der Waals surface area contributed by atoms with E-state index in [1.165, 1.54) is 12.5 Å². The molecule has 6 nitrogen and oxygen atoms in total. The molecule has 22 heavy (non-hydrogen) atoms. The van der Waals surface area contributed by atoms with Gasteiger partial charge in [-0.1, -0.05) is 19.9 Å². The van der Waals surface area contributed by atoms with E-state index in [2.05, 4.69) is 24.1 Å². The van der Waals surface area contributed by atoms with Crippen LogP contribution >= 0.6 is 0 Å². The molecule has 1 aromatic rings. The molecule has 1 aliphatic rings. The summed E-state index contributed by atoms with van der Waals surface area (Å²) < 4.78 is 0. The molecule has 6 heteroatoms. The second kappa shape index (κ2) is 6.87. The molecule has 1 heterocycles. The van der Waals surface area contributed by atoms with Crippen LogP contribution in [0.3, 0.4) is 0 Å². The summed E-state index contributed by atoms with van der Waals surface area (Å²) >= 11 is 0. The molecule has 1 N–H and O–H groups in total. The fraction of sp³-hybridized carbons (Fsp3) is 0.562. The van der Waals surface area contributed by atoms with Gasteiger partial charge in [-0.2, -0.15) is 0 Å². The van der Waals surface area contributed by atoms with Crippen molar-refractivity contribution < 1.29 is 9.72 Å². The molecule has 0 radical (unpaired) electrons. The Morgan fingerprint density at radius 3 is 2.59 bits per heavy atom. The topological polar surface area (TPSA) is 75.5 Å². The lowest BCUT2D eigenvalue weighted by atomic mass is 9.92. The van der Waals surface area contributed by atoms with Crippen LogP contribution in [0.1, 0.15) is 25.8 Å². The molecule has 0 bridgehead atoms. The molecule has 1 aliphatic heterocycles. The van der Waals surface area contributed by atoms with Gasteiger partial charge in [0, 0.05) is 19.2 Å². The molecule has 1 amide bonds. The van der Waals surface area contributed by atoms with Crippen molar-refractivity contribution in [2.45, 2.75) is 27.2 Å². The molecular formula is C16H23N3O3. The molecular weight excluding hydrogens is 282 g/mol. The maximum absolute atomic E-state index is 12.2. The van der Waals surface area contributed by atoms with Gasteiger partial charge in [-0.3, -0.25) is 19.8 Å². The number of carbonyl (C=O) groups is 1. The number of piperidine rings is 1. The highest BCUT2D eigenvalue weighted by atomic mass is 16.6. The summed E-state index contributed by atoms with van der Waals surface area (Å²) in [6.07, 6.45) is 1.18. The van der Waals surface area contributed by atoms with E-state index < -0.39 is 4.92 Å². The van der Waals surface area contributed by atoms with E-state index in [0.29, 0.717) is 11.8 Å². The molecule has 2 rings (SSSR count). The number of nitro groups is 1. The van der Waals surface area contributed by atoms with E-state index in [4.69, 9.17) is 0 Å². The van der Waals surface area contributed by atoms with Crippen LogP contribution in [0.5, 0.6) is 0 Å². The van der Waals surface area contributed by atoms with Crippen molar-refractivity contribution in [1.29, 1.82) is 0 Å². The van der Waals surface area contributed by atoms with Gasteiger partial charge in [-0.15, -0.1) is 0 Å². The smallest absolute Gasteiger partial charge is 0.293 e. The highest BCUT2D eigenvalue weighted by Gasteiger charge is 2.24. The van der Waals surface area contributed by atoms with Gasteiger partial charge in [0.2, 0.25) is 5.91 Å². The highest BCUT2D eigenvalue weighted by molar-refractivity contribution is 5.94. The number of nitrogens with zero attached hydrogens (tertiary/aromatic N) is 2. The molecule has 0 spiro atoms. The minimum absolute atomic E-state index is 0.0614. The van der Waals surface area contributed by atoms with Crippen LogP contribution in [-0.2, 0) is 4.79 Å². The Kier molecular flexibility index (Phi) is 5.13. The molecule has 120 valence electrons. The molecule has 0 saturated carbocycles. The molecule has 1 aromatic carbocycles. The number of hydrogen-bond donors (Lipinski definition) is 1. The van der Waals surface area contributed by atoms with E-state index in [1.54, 1.807) is 19.1 Å². The van der Waals surface area contributed by atoms with Gasteiger partial charge >= 0.3 is 0 Å². The number of nitrogens with one attached hydrogen (secondary N) is 1. The molecule has 2 unspecified atom stereocenters. The van der Waals surface area contributed by atoms with Crippen LogP contribution in [0.4, 0.5) is 11.4 Å². The lowest BCUT2D eigenvalue weighted by molar-refractivity contribution is -0.384. The second-order valence-corrected chi connectivity index (χ2v) is 6.47. The van der Waals surface area contributed by atoms with Crippen molar-refractivity contribution in [3.05, 3.63) is 33.9 Å². The zero-order valence-electron chi connectivity index (χ0n) is 13.3. The Hall–Kier alpha value is -1.95. The van der Waals surface area contributed by atoms with Gasteiger partial charge < -0.3 is 5.32 Å². The lowest BCUT2D eigenvalue weighted by Gasteiger charge is -2.34. The molecule has 1 saturated heterocycles. The van der Waals surface area contributed by atoms with Crippen LogP contribution in [0.2, 0.25) is 0 Å². The number of nitro benzene ring substituents is 1. The maximum Gasteiger partial charge on any atom is 0.293 e. The van der Waals surface area contributed by atoms with Gasteiger partial charge in [0.25, 0.3) is 5.69 Å². The first-order valence-corrected chi connectivity index (χ1v) is 7.62. The van der Waals surface area contributed by atoms with Crippen molar-refractivity contribution in [2.24, 2.45) is 11.8 Å². The van der Waals surface area contributed by atoms with Crippen molar-refractivity contribution in [3.63, 3.8) is 0 Å². The van der Waals surface area contributed by atoms with E-state index in [-0.39, 0.29) is 23.8 Å². The maximum atomic E-state index is 12.2. The minimum atomic E-state index is -0.465. The number of likely N-dealkylation sites (tertiary alicyclic amines) is 1. The van der Waals surface area contributed by atoms with Gasteiger partial charge in [-0.25, -0.2) is 0 Å². The Bertz CT molecular complexity index is 564. The molecule has 0 aromatic heterocycles. The van der Waals surface area contributed by atoms with E-state index in [0.717, 1.165) is 18.7 Å². The van der Waals surface area contributed by atoms with Gasteiger partial charge in [0.15, 0.2) is 0 Å². The van der Waals surface area contributed by atoms with Crippen molar-refractivity contribution in [2.75, 3.05) is 25.0 Å². The van der Waals surface area contributed by atoms with Crippen LogP contribution in [0, 0.1) is 28.9 Å². The zero-order chi connectivity index (χ0) is 16.3. The average molecular weight is 305 g/mol. The fourth-order valence-electron chi connectivity index (χ4n) is 3.21. The highest BCUT2D eigenvalue weighted by Crippen LogP contribution is 2.25. The normalized spacial score (nSPS) is 22.3. The van der Waals surface area contributed by atoms with Gasteiger partial charge in [-0.05, 0) is 36.8 Å². The predicted octanol–water partition coefficient (Wildman–Crippen LogP) is 2.82. The Morgan fingerprint density at radius 2 is 2.00 bits per heavy atom. The van der Waals surface area contributed by atoms with Crippen molar-refractivity contribution >= 4 is 17.3 Å². The van der Waals surface area contributed by atoms with Gasteiger partial charge in [0.1, 0.15) is 5.69 Å². The van der Waals surface area contributed by atoms with Crippen molar-refractivity contribution in [3.8, 4) is 0 Å². The molecule has 0 aliphatic carbocycles. The summed E-state index contributed by atoms with van der Waals surface area (Å²) in [4.78, 5) is 24.9. The lowest BCUT2D eigenvalue weighted by Crippen LogP contribution is -2.42. The Balaban J connectivity index is 2.02. The van der Waals surface area contributed by atoms with Gasteiger partial charge in [0.05, 0.1) is 11.5 Å².